The molecular weight excluding hydrogens is 294 g/mol. The van der Waals surface area contributed by atoms with Crippen molar-refractivity contribution in [3.63, 3.8) is 0 Å². The first-order valence-corrected chi connectivity index (χ1v) is 6.99. The van der Waals surface area contributed by atoms with Gasteiger partial charge in [-0.3, -0.25) is 0 Å². The molecule has 0 saturated carbocycles. The summed E-state index contributed by atoms with van der Waals surface area (Å²) in [6.45, 7) is 5.43. The van der Waals surface area contributed by atoms with Crippen molar-refractivity contribution in [2.24, 2.45) is 0 Å². The second kappa shape index (κ2) is 5.10. The molecule has 100 valence electrons. The van der Waals surface area contributed by atoms with Gasteiger partial charge in [0, 0.05) is 5.54 Å². The highest BCUT2D eigenvalue weighted by atomic mass is 79.9. The monoisotopic (exact) mass is 313 g/mol. The molecule has 1 N–H and O–H groups in total. The van der Waals surface area contributed by atoms with Crippen molar-refractivity contribution in [3.8, 4) is 11.5 Å². The average Bonchev–Trinajstić information content (AvgIpc) is 2.76. The first-order valence-electron chi connectivity index (χ1n) is 6.20. The normalized spacial score (nSPS) is 23.2. The zero-order valence-electron chi connectivity index (χ0n) is 11.4. The smallest absolute Gasteiger partial charge is 0.175 e. The van der Waals surface area contributed by atoms with Crippen LogP contribution in [0, 0.1) is 6.92 Å². The molecule has 1 aliphatic heterocycles. The van der Waals surface area contributed by atoms with E-state index in [4.69, 9.17) is 9.47 Å². The van der Waals surface area contributed by atoms with Gasteiger partial charge in [-0.2, -0.15) is 0 Å². The molecule has 0 spiro atoms. The van der Waals surface area contributed by atoms with Crippen LogP contribution in [0.4, 0.5) is 0 Å². The van der Waals surface area contributed by atoms with Crippen LogP contribution in [0.5, 0.6) is 11.5 Å². The number of hydrogen-bond acceptors (Lipinski definition) is 3. The SMILES string of the molecule is COc1cc(C)c(C2(C)CCCN2)c(Br)c1OC. The highest BCUT2D eigenvalue weighted by Gasteiger charge is 2.35. The zero-order chi connectivity index (χ0) is 13.3. The molecule has 4 heteroatoms. The van der Waals surface area contributed by atoms with E-state index in [9.17, 15) is 0 Å². The Morgan fingerprint density at radius 3 is 2.56 bits per heavy atom. The lowest BCUT2D eigenvalue weighted by molar-refractivity contribution is 0.348. The molecule has 1 heterocycles. The summed E-state index contributed by atoms with van der Waals surface area (Å²) < 4.78 is 11.8. The summed E-state index contributed by atoms with van der Waals surface area (Å²) >= 11 is 3.68. The molecule has 18 heavy (non-hydrogen) atoms. The van der Waals surface area contributed by atoms with E-state index in [-0.39, 0.29) is 5.54 Å². The lowest BCUT2D eigenvalue weighted by atomic mass is 9.87. The Bertz CT molecular complexity index is 454. The van der Waals surface area contributed by atoms with Crippen LogP contribution >= 0.6 is 15.9 Å². The quantitative estimate of drug-likeness (QED) is 0.928. The third-order valence-corrected chi connectivity index (χ3v) is 4.49. The van der Waals surface area contributed by atoms with Crippen molar-refractivity contribution in [2.75, 3.05) is 20.8 Å². The van der Waals surface area contributed by atoms with E-state index in [1.807, 2.05) is 6.07 Å². The molecule has 1 aromatic rings. The summed E-state index contributed by atoms with van der Waals surface area (Å²) in [6, 6.07) is 2.05. The molecule has 1 aromatic carbocycles. The maximum Gasteiger partial charge on any atom is 0.175 e. The van der Waals surface area contributed by atoms with Gasteiger partial charge < -0.3 is 14.8 Å². The minimum absolute atomic E-state index is 0.0163. The van der Waals surface area contributed by atoms with E-state index in [2.05, 4.69) is 35.1 Å². The number of nitrogens with one attached hydrogen (secondary N) is 1. The molecule has 3 nitrogen and oxygen atoms in total. The molecule has 1 atom stereocenters. The van der Waals surface area contributed by atoms with Gasteiger partial charge in [0.15, 0.2) is 11.5 Å². The molecule has 1 saturated heterocycles. The van der Waals surface area contributed by atoms with Gasteiger partial charge in [-0.15, -0.1) is 0 Å². The van der Waals surface area contributed by atoms with Crippen molar-refractivity contribution >= 4 is 15.9 Å². The first kappa shape index (κ1) is 13.7. The minimum atomic E-state index is 0.0163. The first-order chi connectivity index (χ1) is 8.53. The second-order valence-electron chi connectivity index (χ2n) is 4.98. The maximum absolute atomic E-state index is 5.47. The van der Waals surface area contributed by atoms with Crippen LogP contribution in [0.25, 0.3) is 0 Å². The number of aryl methyl sites for hydroxylation is 1. The fourth-order valence-corrected chi connectivity index (χ4v) is 3.96. The van der Waals surface area contributed by atoms with Crippen LogP contribution < -0.4 is 14.8 Å². The van der Waals surface area contributed by atoms with Crippen LogP contribution in [-0.4, -0.2) is 20.8 Å². The van der Waals surface area contributed by atoms with Gasteiger partial charge >= 0.3 is 0 Å². The van der Waals surface area contributed by atoms with E-state index < -0.39 is 0 Å². The van der Waals surface area contributed by atoms with Crippen molar-refractivity contribution in [3.05, 3.63) is 21.7 Å². The summed E-state index contributed by atoms with van der Waals surface area (Å²) in [7, 11) is 3.34. The maximum atomic E-state index is 5.47. The third-order valence-electron chi connectivity index (χ3n) is 3.73. The van der Waals surface area contributed by atoms with Crippen LogP contribution in [-0.2, 0) is 5.54 Å². The highest BCUT2D eigenvalue weighted by Crippen LogP contribution is 2.45. The Labute approximate surface area is 117 Å². The van der Waals surface area contributed by atoms with Gasteiger partial charge in [0.05, 0.1) is 18.7 Å². The van der Waals surface area contributed by atoms with Gasteiger partial charge in [0.2, 0.25) is 0 Å². The summed E-state index contributed by atoms with van der Waals surface area (Å²) in [4.78, 5) is 0. The predicted octanol–water partition coefficient (Wildman–Crippen LogP) is 3.37. The molecule has 2 rings (SSSR count). The molecule has 1 fully saturated rings. The zero-order valence-corrected chi connectivity index (χ0v) is 13.0. The fourth-order valence-electron chi connectivity index (χ4n) is 2.86. The molecule has 0 amide bonds. The van der Waals surface area contributed by atoms with Gasteiger partial charge in [0.25, 0.3) is 0 Å². The number of rotatable bonds is 3. The van der Waals surface area contributed by atoms with Crippen molar-refractivity contribution < 1.29 is 9.47 Å². The van der Waals surface area contributed by atoms with Crippen molar-refractivity contribution in [2.45, 2.75) is 32.2 Å². The highest BCUT2D eigenvalue weighted by molar-refractivity contribution is 9.10. The number of halogens is 1. The predicted molar refractivity (Wildman–Crippen MR) is 76.6 cm³/mol. The van der Waals surface area contributed by atoms with E-state index in [0.717, 1.165) is 28.9 Å². The molecule has 0 aliphatic carbocycles. The van der Waals surface area contributed by atoms with Gasteiger partial charge in [-0.25, -0.2) is 0 Å². The van der Waals surface area contributed by atoms with E-state index in [0.29, 0.717) is 0 Å². The number of ether oxygens (including phenoxy) is 2. The lowest BCUT2D eigenvalue weighted by Crippen LogP contribution is -2.34. The second-order valence-corrected chi connectivity index (χ2v) is 5.77. The van der Waals surface area contributed by atoms with Crippen LogP contribution in [0.1, 0.15) is 30.9 Å². The summed E-state index contributed by atoms with van der Waals surface area (Å²) in [5.74, 6) is 1.54. The molecule has 0 aromatic heterocycles. The van der Waals surface area contributed by atoms with Crippen molar-refractivity contribution in [1.29, 1.82) is 0 Å². The van der Waals surface area contributed by atoms with Gasteiger partial charge in [0.1, 0.15) is 0 Å². The third kappa shape index (κ3) is 2.12. The average molecular weight is 314 g/mol. The van der Waals surface area contributed by atoms with E-state index in [1.165, 1.54) is 17.5 Å². The van der Waals surface area contributed by atoms with Gasteiger partial charge in [-0.1, -0.05) is 0 Å². The largest absolute Gasteiger partial charge is 0.493 e. The Balaban J connectivity index is 2.60. The van der Waals surface area contributed by atoms with Crippen LogP contribution in [0.2, 0.25) is 0 Å². The Hall–Kier alpha value is -0.740. The summed E-state index contributed by atoms with van der Waals surface area (Å²) in [6.07, 6.45) is 2.35. The topological polar surface area (TPSA) is 30.5 Å². The lowest BCUT2D eigenvalue weighted by Gasteiger charge is -2.29. The molecule has 0 bridgehead atoms. The molecular formula is C14H20BrNO2. The van der Waals surface area contributed by atoms with E-state index in [1.54, 1.807) is 14.2 Å². The molecule has 1 aliphatic rings. The van der Waals surface area contributed by atoms with Crippen LogP contribution in [0.15, 0.2) is 10.5 Å². The Kier molecular flexibility index (Phi) is 3.87. The summed E-state index contributed by atoms with van der Waals surface area (Å²) in [5.41, 5.74) is 2.51. The molecule has 1 unspecified atom stereocenters. The Morgan fingerprint density at radius 2 is 2.06 bits per heavy atom. The minimum Gasteiger partial charge on any atom is -0.493 e. The number of hydrogen-bond donors (Lipinski definition) is 1. The fraction of sp³-hybridized carbons (Fsp3) is 0.571. The number of methoxy groups -OCH3 is 2. The van der Waals surface area contributed by atoms with Crippen LogP contribution in [0.3, 0.4) is 0 Å². The van der Waals surface area contributed by atoms with Gasteiger partial charge in [-0.05, 0) is 66.4 Å². The standard InChI is InChI=1S/C14H20BrNO2/c1-9-8-10(17-3)13(18-4)12(15)11(9)14(2)6-5-7-16-14/h8,16H,5-7H2,1-4H3. The summed E-state index contributed by atoms with van der Waals surface area (Å²) in [5, 5.41) is 3.59. The van der Waals surface area contributed by atoms with E-state index >= 15 is 0 Å². The van der Waals surface area contributed by atoms with Crippen molar-refractivity contribution in [1.82, 2.24) is 5.32 Å². The molecule has 0 radical (unpaired) electrons. The number of benzene rings is 1. The Morgan fingerprint density at radius 1 is 1.33 bits per heavy atom.